The number of anilines is 3. The highest BCUT2D eigenvalue weighted by molar-refractivity contribution is 6.41. The fourth-order valence-corrected chi connectivity index (χ4v) is 5.70. The van der Waals surface area contributed by atoms with E-state index in [1.165, 1.54) is 0 Å². The van der Waals surface area contributed by atoms with Crippen LogP contribution in [0, 0.1) is 18.8 Å². The van der Waals surface area contributed by atoms with Gasteiger partial charge in [-0.2, -0.15) is 0 Å². The number of ether oxygens (including phenoxy) is 1. The van der Waals surface area contributed by atoms with Crippen molar-refractivity contribution in [1.29, 1.82) is 0 Å². The Morgan fingerprint density at radius 3 is 2.49 bits per heavy atom. The van der Waals surface area contributed by atoms with Gasteiger partial charge in [0.25, 0.3) is 5.91 Å². The van der Waals surface area contributed by atoms with Gasteiger partial charge in [0.2, 0.25) is 5.91 Å². The van der Waals surface area contributed by atoms with Gasteiger partial charge in [-0.3, -0.25) is 19.6 Å². The third-order valence-electron chi connectivity index (χ3n) is 9.01. The van der Waals surface area contributed by atoms with E-state index in [4.69, 9.17) is 25.4 Å². The molecule has 2 aliphatic rings. The highest BCUT2D eigenvalue weighted by atomic mass is 16.5. The molecule has 0 saturated heterocycles. The van der Waals surface area contributed by atoms with Crippen molar-refractivity contribution in [3.63, 3.8) is 0 Å². The van der Waals surface area contributed by atoms with Crippen LogP contribution in [0.25, 0.3) is 16.8 Å². The maximum Gasteiger partial charge on any atom is 0.273 e. The number of hydrogen-bond acceptors (Lipinski definition) is 9. The summed E-state index contributed by atoms with van der Waals surface area (Å²) in [4.78, 5) is 37.2. The van der Waals surface area contributed by atoms with Crippen LogP contribution in [0.2, 0.25) is 0 Å². The number of carbonyl (C=O) groups is 2. The first-order valence-corrected chi connectivity index (χ1v) is 16.3. The van der Waals surface area contributed by atoms with Gasteiger partial charge < -0.3 is 25.6 Å². The molecule has 1 aromatic carbocycles. The Morgan fingerprint density at radius 2 is 1.84 bits per heavy atom. The van der Waals surface area contributed by atoms with Crippen LogP contribution in [0.3, 0.4) is 0 Å². The number of aromatic nitrogens is 4. The SMILES string of the molecule is [B]C([B])(NC(=O)c1nnc(NC(=O)C2CC2)cc1Nc1cccc(-c2ccc(C(=C)N(C)Cc3cc(C)ccn3)nc2)c1OC)C1CCC1. The number of methoxy groups -OCH3 is 1. The van der Waals surface area contributed by atoms with Crippen molar-refractivity contribution >= 4 is 50.4 Å². The standard InChI is InChI=1S/C36H38B2N8O3/c1-21-15-16-39-26(17-21)20-46(3)22(2)28-14-13-24(19-40-28)27-9-6-10-29(33(27)49-4)41-30-18-31(42-34(47)23-11-12-23)44-45-32(30)35(48)43-36(37,38)25-7-5-8-25/h6,9-10,13-19,23,25H,2,5,7-8,11-12,20H2,1,3-4H3,(H,43,48)(H2,41,42,44,47). The van der Waals surface area contributed by atoms with Gasteiger partial charge in [-0.25, -0.2) is 0 Å². The van der Waals surface area contributed by atoms with Crippen molar-refractivity contribution < 1.29 is 14.3 Å². The lowest BCUT2D eigenvalue weighted by Gasteiger charge is -2.42. The van der Waals surface area contributed by atoms with E-state index >= 15 is 0 Å². The van der Waals surface area contributed by atoms with Crippen LogP contribution < -0.4 is 20.7 Å². The molecule has 2 amide bonds. The number of carbonyl (C=O) groups excluding carboxylic acids is 2. The summed E-state index contributed by atoms with van der Waals surface area (Å²) in [6.45, 7) is 6.89. The van der Waals surface area contributed by atoms with Crippen LogP contribution in [0.15, 0.2) is 67.5 Å². The number of pyridine rings is 2. The number of para-hydroxylation sites is 1. The number of aryl methyl sites for hydroxylation is 1. The largest absolute Gasteiger partial charge is 0.494 e. The van der Waals surface area contributed by atoms with E-state index in [2.05, 4.69) is 43.8 Å². The number of hydrogen-bond donors (Lipinski definition) is 3. The summed E-state index contributed by atoms with van der Waals surface area (Å²) in [7, 11) is 16.1. The predicted octanol–water partition coefficient (Wildman–Crippen LogP) is 4.97. The van der Waals surface area contributed by atoms with Crippen LogP contribution in [0.4, 0.5) is 17.2 Å². The molecule has 2 fully saturated rings. The maximum absolute atomic E-state index is 13.5. The normalized spacial score (nSPS) is 14.3. The predicted molar refractivity (Wildman–Crippen MR) is 191 cm³/mol. The Labute approximate surface area is 289 Å². The molecule has 0 spiro atoms. The van der Waals surface area contributed by atoms with Crippen LogP contribution in [-0.4, -0.2) is 72.1 Å². The molecule has 3 N–H and O–H groups in total. The van der Waals surface area contributed by atoms with E-state index in [1.807, 2.05) is 55.3 Å². The monoisotopic (exact) mass is 652 g/mol. The Morgan fingerprint density at radius 1 is 1.04 bits per heavy atom. The average Bonchev–Trinajstić information content (AvgIpc) is 3.89. The van der Waals surface area contributed by atoms with Gasteiger partial charge in [0.15, 0.2) is 11.5 Å². The molecule has 4 aromatic rings. The minimum atomic E-state index is -1.40. The molecule has 0 atom stereocenters. The van der Waals surface area contributed by atoms with Crippen LogP contribution >= 0.6 is 0 Å². The summed E-state index contributed by atoms with van der Waals surface area (Å²) in [6.07, 6.45) is 7.88. The second kappa shape index (κ2) is 14.1. The second-order valence-corrected chi connectivity index (χ2v) is 12.8. The Hall–Kier alpha value is -5.19. The molecule has 0 bridgehead atoms. The fourth-order valence-electron chi connectivity index (χ4n) is 5.70. The Balaban J connectivity index is 1.25. The zero-order valence-electron chi connectivity index (χ0n) is 28.0. The number of nitrogens with one attached hydrogen (secondary N) is 3. The van der Waals surface area contributed by atoms with Crippen LogP contribution in [-0.2, 0) is 11.3 Å². The van der Waals surface area contributed by atoms with E-state index in [1.54, 1.807) is 25.6 Å². The van der Waals surface area contributed by atoms with E-state index < -0.39 is 11.2 Å². The van der Waals surface area contributed by atoms with Gasteiger partial charge in [-0.1, -0.05) is 31.2 Å². The van der Waals surface area contributed by atoms with Crippen LogP contribution in [0.5, 0.6) is 5.75 Å². The third-order valence-corrected chi connectivity index (χ3v) is 9.01. The lowest BCUT2D eigenvalue weighted by molar-refractivity contribution is -0.117. The minimum absolute atomic E-state index is 0.0361. The molecule has 246 valence electrons. The zero-order valence-corrected chi connectivity index (χ0v) is 28.0. The summed E-state index contributed by atoms with van der Waals surface area (Å²) >= 11 is 0. The van der Waals surface area contributed by atoms with E-state index in [9.17, 15) is 9.59 Å². The second-order valence-electron chi connectivity index (χ2n) is 12.8. The molecule has 0 unspecified atom stereocenters. The number of benzene rings is 1. The Bertz CT molecular complexity index is 1880. The van der Waals surface area contributed by atoms with E-state index in [-0.39, 0.29) is 34.9 Å². The van der Waals surface area contributed by atoms with Gasteiger partial charge in [0, 0.05) is 42.6 Å². The lowest BCUT2D eigenvalue weighted by Crippen LogP contribution is -2.57. The molecule has 2 saturated carbocycles. The first kappa shape index (κ1) is 33.7. The van der Waals surface area contributed by atoms with Crippen molar-refractivity contribution in [2.24, 2.45) is 11.8 Å². The molecule has 13 heteroatoms. The smallest absolute Gasteiger partial charge is 0.273 e. The first-order chi connectivity index (χ1) is 23.5. The zero-order chi connectivity index (χ0) is 34.7. The molecule has 3 heterocycles. The molecule has 49 heavy (non-hydrogen) atoms. The van der Waals surface area contributed by atoms with Gasteiger partial charge in [0.1, 0.15) is 5.75 Å². The summed E-state index contributed by atoms with van der Waals surface area (Å²) in [5.74, 6) is -0.103. The van der Waals surface area contributed by atoms with Crippen LogP contribution in [0.1, 0.15) is 59.5 Å². The van der Waals surface area contributed by atoms with Gasteiger partial charge in [-0.15, -0.1) is 10.2 Å². The average molecular weight is 652 g/mol. The molecular formula is C36H38B2N8O3. The quantitative estimate of drug-likeness (QED) is 0.171. The van der Waals surface area contributed by atoms with Gasteiger partial charge in [-0.05, 0) is 73.7 Å². The third kappa shape index (κ3) is 7.77. The molecule has 2 aliphatic carbocycles. The van der Waals surface area contributed by atoms with Gasteiger partial charge in [0.05, 0.1) is 57.8 Å². The van der Waals surface area contributed by atoms with Crippen molar-refractivity contribution in [2.45, 2.75) is 50.9 Å². The van der Waals surface area contributed by atoms with Crippen molar-refractivity contribution in [3.8, 4) is 16.9 Å². The van der Waals surface area contributed by atoms with Crippen molar-refractivity contribution in [2.75, 3.05) is 24.8 Å². The number of rotatable bonds is 13. The molecule has 0 aliphatic heterocycles. The van der Waals surface area contributed by atoms with E-state index in [0.717, 1.165) is 65.9 Å². The van der Waals surface area contributed by atoms with Gasteiger partial charge >= 0.3 is 0 Å². The maximum atomic E-state index is 13.5. The number of amides is 2. The molecular weight excluding hydrogens is 614 g/mol. The molecule has 6 rings (SSSR count). The summed E-state index contributed by atoms with van der Waals surface area (Å²) in [6, 6.07) is 15.0. The lowest BCUT2D eigenvalue weighted by atomic mass is 9.50. The molecule has 11 nitrogen and oxygen atoms in total. The first-order valence-electron chi connectivity index (χ1n) is 16.3. The molecule has 3 aromatic heterocycles. The molecule has 4 radical (unpaired) electrons. The highest BCUT2D eigenvalue weighted by Crippen LogP contribution is 2.39. The highest BCUT2D eigenvalue weighted by Gasteiger charge is 2.35. The Kier molecular flexibility index (Phi) is 9.71. The topological polar surface area (TPSA) is 134 Å². The minimum Gasteiger partial charge on any atom is -0.494 e. The fraction of sp³-hybridized carbons (Fsp3) is 0.333. The summed E-state index contributed by atoms with van der Waals surface area (Å²) < 4.78 is 5.89. The summed E-state index contributed by atoms with van der Waals surface area (Å²) in [5.41, 5.74) is 5.94. The van der Waals surface area contributed by atoms with Crippen molar-refractivity contribution in [3.05, 3.63) is 90.1 Å². The van der Waals surface area contributed by atoms with Crippen molar-refractivity contribution in [1.82, 2.24) is 30.4 Å². The number of nitrogens with zero attached hydrogens (tertiary/aromatic N) is 5. The van der Waals surface area contributed by atoms with E-state index in [0.29, 0.717) is 18.0 Å². The summed E-state index contributed by atoms with van der Waals surface area (Å²) in [5, 5.41) is 15.7.